The Labute approximate surface area is 134 Å². The molecule has 0 aliphatic rings. The molecule has 0 amide bonds. The smallest absolute Gasteiger partial charge is 0.196 e. The van der Waals surface area contributed by atoms with Crippen molar-refractivity contribution in [3.05, 3.63) is 61.4 Å². The number of hydrogen-bond acceptors (Lipinski definition) is 3. The molecule has 0 N–H and O–H groups in total. The Balaban J connectivity index is 2.45. The van der Waals surface area contributed by atoms with E-state index in [1.807, 2.05) is 13.0 Å². The summed E-state index contributed by atoms with van der Waals surface area (Å²) in [4.78, 5) is 16.7. The van der Waals surface area contributed by atoms with Gasteiger partial charge in [0.05, 0.1) is 14.9 Å². The number of nitrogens with zero attached hydrogens (tertiary/aromatic N) is 1. The van der Waals surface area contributed by atoms with Crippen molar-refractivity contribution < 1.29 is 4.42 Å². The molecule has 3 nitrogen and oxygen atoms in total. The summed E-state index contributed by atoms with van der Waals surface area (Å²) >= 11 is 9.64. The summed E-state index contributed by atoms with van der Waals surface area (Å²) in [6.45, 7) is 3.61. The largest absolute Gasteiger partial charge is 0.454 e. The van der Waals surface area contributed by atoms with E-state index in [4.69, 9.17) is 16.0 Å². The van der Waals surface area contributed by atoms with Gasteiger partial charge >= 0.3 is 0 Å². The zero-order chi connectivity index (χ0) is 15.1. The molecule has 0 aliphatic heterocycles. The second kappa shape index (κ2) is 5.28. The number of pyridine rings is 1. The predicted molar refractivity (Wildman–Crippen MR) is 87.9 cm³/mol. The summed E-state index contributed by atoms with van der Waals surface area (Å²) in [7, 11) is 0. The molecular weight excluding hydrogens is 354 g/mol. The minimum absolute atomic E-state index is 0.0597. The van der Waals surface area contributed by atoms with Crippen LogP contribution in [-0.2, 0) is 0 Å². The number of halogens is 2. The maximum Gasteiger partial charge on any atom is 0.196 e. The van der Waals surface area contributed by atoms with Crippen LogP contribution in [0.1, 0.15) is 11.1 Å². The summed E-state index contributed by atoms with van der Waals surface area (Å²) in [5.74, 6) is 0.515. The summed E-state index contributed by atoms with van der Waals surface area (Å²) in [5, 5.41) is 1.07. The van der Waals surface area contributed by atoms with Crippen LogP contribution in [0.15, 0.2) is 44.3 Å². The van der Waals surface area contributed by atoms with E-state index < -0.39 is 0 Å². The summed E-state index contributed by atoms with van der Waals surface area (Å²) < 4.78 is 6.55. The van der Waals surface area contributed by atoms with Gasteiger partial charge in [0.25, 0.3) is 0 Å². The Morgan fingerprint density at radius 1 is 1.33 bits per heavy atom. The number of hydrogen-bond donors (Lipinski definition) is 0. The van der Waals surface area contributed by atoms with Crippen LogP contribution in [0.2, 0.25) is 5.02 Å². The highest BCUT2D eigenvalue weighted by Crippen LogP contribution is 2.35. The van der Waals surface area contributed by atoms with Crippen LogP contribution in [0.5, 0.6) is 0 Å². The highest BCUT2D eigenvalue weighted by atomic mass is 79.9. The maximum absolute atomic E-state index is 12.6. The minimum Gasteiger partial charge on any atom is -0.454 e. The van der Waals surface area contributed by atoms with Gasteiger partial charge in [0.1, 0.15) is 5.76 Å². The van der Waals surface area contributed by atoms with Crippen LogP contribution >= 0.6 is 27.5 Å². The molecule has 2 aromatic heterocycles. The Kier molecular flexibility index (Phi) is 3.59. The van der Waals surface area contributed by atoms with E-state index >= 15 is 0 Å². The van der Waals surface area contributed by atoms with Gasteiger partial charge in [-0.25, -0.2) is 0 Å². The van der Waals surface area contributed by atoms with Crippen molar-refractivity contribution in [2.75, 3.05) is 0 Å². The first-order valence-corrected chi connectivity index (χ1v) is 7.50. The Morgan fingerprint density at radius 3 is 2.76 bits per heavy atom. The van der Waals surface area contributed by atoms with Crippen molar-refractivity contribution in [2.24, 2.45) is 0 Å². The van der Waals surface area contributed by atoms with Gasteiger partial charge in [0, 0.05) is 23.5 Å². The van der Waals surface area contributed by atoms with E-state index in [2.05, 4.69) is 20.9 Å². The molecule has 0 bridgehead atoms. The molecule has 0 fully saturated rings. The molecule has 2 heterocycles. The third-order valence-electron chi connectivity index (χ3n) is 3.40. The first-order valence-electron chi connectivity index (χ1n) is 6.33. The minimum atomic E-state index is -0.0597. The van der Waals surface area contributed by atoms with Gasteiger partial charge in [-0.3, -0.25) is 9.78 Å². The van der Waals surface area contributed by atoms with Gasteiger partial charge in [-0.15, -0.1) is 0 Å². The van der Waals surface area contributed by atoms with Gasteiger partial charge < -0.3 is 4.42 Å². The Bertz CT molecular complexity index is 904. The van der Waals surface area contributed by atoms with Crippen molar-refractivity contribution in [3.63, 3.8) is 0 Å². The molecule has 0 spiro atoms. The van der Waals surface area contributed by atoms with Gasteiger partial charge in [-0.2, -0.15) is 0 Å². The van der Waals surface area contributed by atoms with Crippen molar-refractivity contribution in [2.45, 2.75) is 13.8 Å². The quantitative estimate of drug-likeness (QED) is 0.617. The second-order valence-electron chi connectivity index (χ2n) is 4.83. The predicted octanol–water partition coefficient (Wildman–Crippen LogP) is 4.89. The lowest BCUT2D eigenvalue weighted by atomic mass is 10.1. The van der Waals surface area contributed by atoms with Gasteiger partial charge in [-0.05, 0) is 53.5 Å². The highest BCUT2D eigenvalue weighted by Gasteiger charge is 2.17. The zero-order valence-electron chi connectivity index (χ0n) is 11.4. The van der Waals surface area contributed by atoms with Gasteiger partial charge in [0.2, 0.25) is 0 Å². The lowest BCUT2D eigenvalue weighted by Crippen LogP contribution is -2.08. The van der Waals surface area contributed by atoms with Crippen molar-refractivity contribution in [1.82, 2.24) is 4.98 Å². The first-order chi connectivity index (χ1) is 10.0. The SMILES string of the molecule is Cc1cc2c(=O)c(C)c(-c3cccnc3)oc2c(Br)c1Cl. The fourth-order valence-electron chi connectivity index (χ4n) is 2.26. The molecule has 0 radical (unpaired) electrons. The topological polar surface area (TPSA) is 43.1 Å². The van der Waals surface area contributed by atoms with Crippen LogP contribution in [0, 0.1) is 13.8 Å². The van der Waals surface area contributed by atoms with Crippen LogP contribution in [-0.4, -0.2) is 4.98 Å². The highest BCUT2D eigenvalue weighted by molar-refractivity contribution is 9.10. The lowest BCUT2D eigenvalue weighted by Gasteiger charge is -2.10. The number of rotatable bonds is 1. The molecule has 0 unspecified atom stereocenters. The molecule has 0 aliphatic carbocycles. The third-order valence-corrected chi connectivity index (χ3v) is 4.87. The van der Waals surface area contributed by atoms with Crippen LogP contribution in [0.25, 0.3) is 22.3 Å². The lowest BCUT2D eigenvalue weighted by molar-refractivity contribution is 0.611. The molecule has 0 atom stereocenters. The number of benzene rings is 1. The Morgan fingerprint density at radius 2 is 2.10 bits per heavy atom. The molecule has 0 saturated heterocycles. The van der Waals surface area contributed by atoms with E-state index in [9.17, 15) is 4.79 Å². The van der Waals surface area contributed by atoms with Crippen LogP contribution < -0.4 is 5.43 Å². The standard InChI is InChI=1S/C16H11BrClNO2/c1-8-6-11-14(20)9(2)15(10-4-3-5-19-7-10)21-16(11)12(17)13(8)18/h3-7H,1-2H3. The van der Waals surface area contributed by atoms with E-state index in [0.717, 1.165) is 11.1 Å². The molecule has 5 heteroatoms. The van der Waals surface area contributed by atoms with E-state index in [0.29, 0.717) is 31.8 Å². The fraction of sp³-hybridized carbons (Fsp3) is 0.125. The number of aromatic nitrogens is 1. The third kappa shape index (κ3) is 2.28. The average Bonchev–Trinajstić information content (AvgIpc) is 2.50. The average molecular weight is 365 g/mol. The monoisotopic (exact) mass is 363 g/mol. The summed E-state index contributed by atoms with van der Waals surface area (Å²) in [6.07, 6.45) is 3.34. The summed E-state index contributed by atoms with van der Waals surface area (Å²) in [5.41, 5.74) is 2.55. The van der Waals surface area contributed by atoms with Crippen LogP contribution in [0.3, 0.4) is 0 Å². The van der Waals surface area contributed by atoms with Crippen molar-refractivity contribution in [1.29, 1.82) is 0 Å². The molecular formula is C16H11BrClNO2. The molecule has 106 valence electrons. The first kappa shape index (κ1) is 14.3. The number of fused-ring (bicyclic) bond motifs is 1. The van der Waals surface area contributed by atoms with Gasteiger partial charge in [0.15, 0.2) is 11.0 Å². The number of aryl methyl sites for hydroxylation is 1. The normalized spacial score (nSPS) is 11.0. The van der Waals surface area contributed by atoms with E-state index in [-0.39, 0.29) is 5.43 Å². The summed E-state index contributed by atoms with van der Waals surface area (Å²) in [6, 6.07) is 5.41. The van der Waals surface area contributed by atoms with E-state index in [1.165, 1.54) is 0 Å². The molecule has 3 rings (SSSR count). The van der Waals surface area contributed by atoms with Crippen molar-refractivity contribution in [3.8, 4) is 11.3 Å². The van der Waals surface area contributed by atoms with Crippen LogP contribution in [0.4, 0.5) is 0 Å². The maximum atomic E-state index is 12.6. The molecule has 1 aromatic carbocycles. The molecule has 21 heavy (non-hydrogen) atoms. The molecule has 3 aromatic rings. The fourth-order valence-corrected chi connectivity index (χ4v) is 3.01. The van der Waals surface area contributed by atoms with Gasteiger partial charge in [-0.1, -0.05) is 11.6 Å². The Hall–Kier alpha value is -1.65. The van der Waals surface area contributed by atoms with Crippen molar-refractivity contribution >= 4 is 38.5 Å². The zero-order valence-corrected chi connectivity index (χ0v) is 13.7. The van der Waals surface area contributed by atoms with E-state index in [1.54, 1.807) is 31.5 Å². The molecule has 0 saturated carbocycles. The second-order valence-corrected chi connectivity index (χ2v) is 6.00.